The summed E-state index contributed by atoms with van der Waals surface area (Å²) in [6.07, 6.45) is 4.74. The van der Waals surface area contributed by atoms with Crippen molar-refractivity contribution in [3.8, 4) is 0 Å². The number of esters is 1. The van der Waals surface area contributed by atoms with Crippen LogP contribution in [0.4, 0.5) is 0 Å². The van der Waals surface area contributed by atoms with Crippen molar-refractivity contribution in [2.24, 2.45) is 11.8 Å². The summed E-state index contributed by atoms with van der Waals surface area (Å²) in [5, 5.41) is 14.9. The van der Waals surface area contributed by atoms with Gasteiger partial charge in [0, 0.05) is 32.7 Å². The van der Waals surface area contributed by atoms with Crippen molar-refractivity contribution in [3.63, 3.8) is 0 Å². The van der Waals surface area contributed by atoms with Gasteiger partial charge >= 0.3 is 5.97 Å². The van der Waals surface area contributed by atoms with Crippen molar-refractivity contribution in [1.82, 2.24) is 15.5 Å². The number of likely N-dealkylation sites (tertiary alicyclic amines) is 1. The number of nitrogens with zero attached hydrogens (tertiary/aromatic N) is 1. The van der Waals surface area contributed by atoms with Crippen molar-refractivity contribution in [1.29, 1.82) is 0 Å². The van der Waals surface area contributed by atoms with E-state index in [0.717, 1.165) is 12.8 Å². The quantitative estimate of drug-likeness (QED) is 0.264. The first-order valence-electron chi connectivity index (χ1n) is 13.2. The molecule has 1 saturated heterocycles. The second-order valence-corrected chi connectivity index (χ2v) is 9.92. The van der Waals surface area contributed by atoms with Crippen LogP contribution in [0, 0.1) is 11.8 Å². The van der Waals surface area contributed by atoms with Crippen LogP contribution in [0.2, 0.25) is 0 Å². The Morgan fingerprint density at radius 1 is 1.16 bits per heavy atom. The van der Waals surface area contributed by atoms with Gasteiger partial charge in [-0.15, -0.1) is 0 Å². The Labute approximate surface area is 223 Å². The van der Waals surface area contributed by atoms with Gasteiger partial charge in [-0.25, -0.2) is 0 Å². The van der Waals surface area contributed by atoms with Crippen molar-refractivity contribution in [2.75, 3.05) is 33.4 Å². The summed E-state index contributed by atoms with van der Waals surface area (Å²) in [7, 11) is 1.47. The number of cyclic esters (lactones) is 1. The van der Waals surface area contributed by atoms with Crippen molar-refractivity contribution in [2.45, 2.75) is 57.2 Å². The number of allylic oxidation sites excluding steroid dienone is 2. The number of hydrogen-bond acceptors (Lipinski definition) is 7. The van der Waals surface area contributed by atoms with Crippen molar-refractivity contribution < 1.29 is 33.8 Å². The van der Waals surface area contributed by atoms with Crippen LogP contribution < -0.4 is 10.6 Å². The third-order valence-corrected chi connectivity index (χ3v) is 6.88. The molecule has 0 aliphatic carbocycles. The highest BCUT2D eigenvalue weighted by molar-refractivity contribution is 6.00. The third-order valence-electron chi connectivity index (χ3n) is 6.88. The third kappa shape index (κ3) is 8.13. The first kappa shape index (κ1) is 29.3. The zero-order chi connectivity index (χ0) is 27.5. The molecule has 0 spiro atoms. The van der Waals surface area contributed by atoms with Gasteiger partial charge in [-0.05, 0) is 38.2 Å². The average molecular weight is 530 g/mol. The molecule has 4 unspecified atom stereocenters. The van der Waals surface area contributed by atoms with E-state index in [1.807, 2.05) is 6.07 Å². The predicted octanol–water partition coefficient (Wildman–Crippen LogP) is 1.49. The van der Waals surface area contributed by atoms with Crippen molar-refractivity contribution >= 4 is 23.7 Å². The van der Waals surface area contributed by atoms with Gasteiger partial charge in [0.15, 0.2) is 0 Å². The lowest BCUT2D eigenvalue weighted by Crippen LogP contribution is -2.50. The van der Waals surface area contributed by atoms with Crippen LogP contribution in [0.25, 0.3) is 0 Å². The smallest absolute Gasteiger partial charge is 0.310 e. The highest BCUT2D eigenvalue weighted by Gasteiger charge is 2.36. The fraction of sp³-hybridized carbons (Fsp3) is 0.571. The molecule has 1 aromatic carbocycles. The van der Waals surface area contributed by atoms with E-state index in [0.29, 0.717) is 18.7 Å². The summed E-state index contributed by atoms with van der Waals surface area (Å²) in [6.45, 7) is 2.78. The van der Waals surface area contributed by atoms with Gasteiger partial charge in [-0.2, -0.15) is 0 Å². The van der Waals surface area contributed by atoms with E-state index in [4.69, 9.17) is 9.47 Å². The number of nitrogens with one attached hydrogen (secondary N) is 2. The minimum absolute atomic E-state index is 0.0178. The first-order chi connectivity index (χ1) is 18.3. The number of methoxy groups -OCH3 is 1. The number of aliphatic hydroxyl groups excluding tert-OH is 1. The van der Waals surface area contributed by atoms with E-state index in [2.05, 4.69) is 10.6 Å². The molecule has 0 bridgehead atoms. The Balaban J connectivity index is 1.94. The number of carbonyl (C=O) groups excluding carboxylic acids is 4. The lowest BCUT2D eigenvalue weighted by Gasteiger charge is -2.31. The molecular formula is C28H39N3O7. The molecule has 10 heteroatoms. The number of ether oxygens (including phenoxy) is 2. The van der Waals surface area contributed by atoms with E-state index in [-0.39, 0.29) is 38.4 Å². The van der Waals surface area contributed by atoms with Crippen LogP contribution in [0.3, 0.4) is 0 Å². The number of rotatable bonds is 8. The van der Waals surface area contributed by atoms with E-state index in [1.165, 1.54) is 7.11 Å². The zero-order valence-electron chi connectivity index (χ0n) is 22.1. The SMILES string of the molecule is COCC1NC(=O)C(C(=O)N[C@H](C)CO)CC=CCC(CC(=O)N2CCCC2)C(=O)OC1c1ccccc1. The lowest BCUT2D eigenvalue weighted by molar-refractivity contribution is -0.160. The van der Waals surface area contributed by atoms with Gasteiger partial charge in [0.05, 0.1) is 25.2 Å². The molecule has 1 fully saturated rings. The molecule has 2 heterocycles. The molecule has 0 saturated carbocycles. The Morgan fingerprint density at radius 2 is 1.84 bits per heavy atom. The normalized spacial score (nSPS) is 25.5. The number of amides is 3. The van der Waals surface area contributed by atoms with Gasteiger partial charge in [0.1, 0.15) is 12.0 Å². The largest absolute Gasteiger partial charge is 0.455 e. The molecule has 0 aromatic heterocycles. The molecule has 2 aliphatic heterocycles. The van der Waals surface area contributed by atoms with E-state index >= 15 is 0 Å². The topological polar surface area (TPSA) is 134 Å². The maximum Gasteiger partial charge on any atom is 0.310 e. The van der Waals surface area contributed by atoms with Gasteiger partial charge in [-0.1, -0.05) is 42.5 Å². The fourth-order valence-corrected chi connectivity index (χ4v) is 4.70. The van der Waals surface area contributed by atoms with Crippen LogP contribution >= 0.6 is 0 Å². The molecule has 1 aromatic rings. The van der Waals surface area contributed by atoms with Gasteiger partial charge in [0.25, 0.3) is 0 Å². The first-order valence-corrected chi connectivity index (χ1v) is 13.2. The number of aliphatic hydroxyl groups is 1. The average Bonchev–Trinajstić information content (AvgIpc) is 3.45. The number of benzene rings is 1. The summed E-state index contributed by atoms with van der Waals surface area (Å²) >= 11 is 0. The van der Waals surface area contributed by atoms with Crippen LogP contribution in [0.5, 0.6) is 0 Å². The number of carbonyl (C=O) groups is 4. The Morgan fingerprint density at radius 3 is 2.50 bits per heavy atom. The molecule has 38 heavy (non-hydrogen) atoms. The maximum atomic E-state index is 13.5. The van der Waals surface area contributed by atoms with E-state index in [9.17, 15) is 24.3 Å². The zero-order valence-corrected chi connectivity index (χ0v) is 22.1. The summed E-state index contributed by atoms with van der Waals surface area (Å²) in [5.41, 5.74) is 0.648. The second kappa shape index (κ2) is 14.6. The second-order valence-electron chi connectivity index (χ2n) is 9.92. The molecule has 3 amide bonds. The molecular weight excluding hydrogens is 490 g/mol. The molecule has 2 aliphatic rings. The molecule has 5 atom stereocenters. The molecule has 3 N–H and O–H groups in total. The fourth-order valence-electron chi connectivity index (χ4n) is 4.70. The highest BCUT2D eigenvalue weighted by Crippen LogP contribution is 2.27. The van der Waals surface area contributed by atoms with Crippen LogP contribution in [0.15, 0.2) is 42.5 Å². The molecule has 0 radical (unpaired) electrons. The Kier molecular flexibility index (Phi) is 11.3. The maximum absolute atomic E-state index is 13.5. The predicted molar refractivity (Wildman–Crippen MR) is 140 cm³/mol. The number of hydrogen-bond donors (Lipinski definition) is 3. The van der Waals surface area contributed by atoms with Crippen molar-refractivity contribution in [3.05, 3.63) is 48.0 Å². The Hall–Kier alpha value is -3.24. The van der Waals surface area contributed by atoms with Gasteiger partial charge in [0.2, 0.25) is 17.7 Å². The standard InChI is InChI=1S/C28H39N3O7/c1-19(17-32)29-26(34)22-13-7-6-12-21(16-24(33)31-14-8-9-15-31)28(36)38-25(20-10-4-3-5-11-20)23(18-37-2)30-27(22)35/h3-7,10-11,19,21-23,25,32H,8-9,12-18H2,1-2H3,(H,29,34)(H,30,35)/t19-,21?,22?,23?,25?/m1/s1. The monoisotopic (exact) mass is 529 g/mol. The summed E-state index contributed by atoms with van der Waals surface area (Å²) in [4.78, 5) is 54.4. The molecule has 208 valence electrons. The van der Waals surface area contributed by atoms with Crippen LogP contribution in [-0.2, 0) is 28.7 Å². The lowest BCUT2D eigenvalue weighted by atomic mass is 9.95. The summed E-state index contributed by atoms with van der Waals surface area (Å²) < 4.78 is 11.4. The van der Waals surface area contributed by atoms with Crippen LogP contribution in [-0.4, -0.2) is 79.2 Å². The van der Waals surface area contributed by atoms with Gasteiger partial charge in [-0.3, -0.25) is 19.2 Å². The molecule has 3 rings (SSSR count). The Bertz CT molecular complexity index is 978. The summed E-state index contributed by atoms with van der Waals surface area (Å²) in [6, 6.07) is 7.70. The van der Waals surface area contributed by atoms with E-state index < -0.39 is 47.8 Å². The van der Waals surface area contributed by atoms with E-state index in [1.54, 1.807) is 48.2 Å². The van der Waals surface area contributed by atoms with Crippen LogP contribution in [0.1, 0.15) is 50.7 Å². The van der Waals surface area contributed by atoms with Gasteiger partial charge < -0.3 is 30.1 Å². The minimum Gasteiger partial charge on any atom is -0.455 e. The minimum atomic E-state index is -1.07. The summed E-state index contributed by atoms with van der Waals surface area (Å²) in [5.74, 6) is -3.47. The molecule has 10 nitrogen and oxygen atoms in total. The highest BCUT2D eigenvalue weighted by atomic mass is 16.5.